The average molecular weight is 269 g/mol. The summed E-state index contributed by atoms with van der Waals surface area (Å²) in [6.45, 7) is 7.82. The number of benzene rings is 1. The number of hydrogen-bond donors (Lipinski definition) is 1. The smallest absolute Gasteiger partial charge is 0.0723 e. The zero-order valence-corrected chi connectivity index (χ0v) is 11.9. The molecule has 0 saturated carbocycles. The van der Waals surface area contributed by atoms with Gasteiger partial charge in [-0.3, -0.25) is 0 Å². The summed E-state index contributed by atoms with van der Waals surface area (Å²) in [5, 5.41) is 0.769. The second kappa shape index (κ2) is 5.47. The lowest BCUT2D eigenvalue weighted by molar-refractivity contribution is 0.0344. The zero-order chi connectivity index (χ0) is 13.3. The van der Waals surface area contributed by atoms with Crippen molar-refractivity contribution in [3.63, 3.8) is 0 Å². The third-order valence-corrected chi connectivity index (χ3v) is 3.72. The Kier molecular flexibility index (Phi) is 4.15. The van der Waals surface area contributed by atoms with Crippen molar-refractivity contribution >= 4 is 17.3 Å². The van der Waals surface area contributed by atoms with E-state index < -0.39 is 0 Å². The molecule has 0 radical (unpaired) electrons. The molecule has 100 valence electrons. The Balaban J connectivity index is 2.27. The summed E-state index contributed by atoms with van der Waals surface area (Å²) in [4.78, 5) is 2.31. The van der Waals surface area contributed by atoms with E-state index in [1.165, 1.54) is 0 Å². The second-order valence-corrected chi connectivity index (χ2v) is 5.55. The Labute approximate surface area is 114 Å². The highest BCUT2D eigenvalue weighted by molar-refractivity contribution is 6.33. The minimum atomic E-state index is 0.0117. The Bertz CT molecular complexity index is 422. The van der Waals surface area contributed by atoms with Crippen LogP contribution in [0.25, 0.3) is 0 Å². The van der Waals surface area contributed by atoms with Gasteiger partial charge < -0.3 is 15.4 Å². The lowest BCUT2D eigenvalue weighted by atomic mass is 10.1. The quantitative estimate of drug-likeness (QED) is 0.896. The molecule has 0 bridgehead atoms. The normalized spacial score (nSPS) is 26.2. The molecule has 1 fully saturated rings. The van der Waals surface area contributed by atoms with Crippen molar-refractivity contribution in [1.29, 1.82) is 0 Å². The van der Waals surface area contributed by atoms with Crippen molar-refractivity contribution in [3.05, 3.63) is 28.8 Å². The average Bonchev–Trinajstić information content (AvgIpc) is 2.32. The van der Waals surface area contributed by atoms with Crippen LogP contribution in [-0.4, -0.2) is 25.3 Å². The standard InChI is InChI=1S/C14H21ClN2O/c1-9-8-18-10(2)7-17(9)14-5-4-12(11(3)16)6-13(14)15/h4-6,9-11H,7-8,16H2,1-3H3. The van der Waals surface area contributed by atoms with Gasteiger partial charge in [0.1, 0.15) is 0 Å². The third-order valence-electron chi connectivity index (χ3n) is 3.41. The zero-order valence-electron chi connectivity index (χ0n) is 11.2. The molecule has 0 amide bonds. The summed E-state index contributed by atoms with van der Waals surface area (Å²) in [5.74, 6) is 0. The molecule has 0 aromatic heterocycles. The van der Waals surface area contributed by atoms with Crippen LogP contribution in [0.15, 0.2) is 18.2 Å². The summed E-state index contributed by atoms with van der Waals surface area (Å²) in [5.41, 5.74) is 8.01. The van der Waals surface area contributed by atoms with E-state index in [9.17, 15) is 0 Å². The Hall–Kier alpha value is -0.770. The summed E-state index contributed by atoms with van der Waals surface area (Å²) >= 11 is 6.38. The maximum Gasteiger partial charge on any atom is 0.0723 e. The van der Waals surface area contributed by atoms with Gasteiger partial charge in [-0.1, -0.05) is 17.7 Å². The van der Waals surface area contributed by atoms with Crippen LogP contribution < -0.4 is 10.6 Å². The topological polar surface area (TPSA) is 38.5 Å². The minimum Gasteiger partial charge on any atom is -0.375 e. The van der Waals surface area contributed by atoms with Gasteiger partial charge >= 0.3 is 0 Å². The summed E-state index contributed by atoms with van der Waals surface area (Å²) in [7, 11) is 0. The molecule has 1 heterocycles. The van der Waals surface area contributed by atoms with Crippen molar-refractivity contribution in [2.24, 2.45) is 5.73 Å². The molecular weight excluding hydrogens is 248 g/mol. The molecule has 2 N–H and O–H groups in total. The molecule has 1 aliphatic heterocycles. The van der Waals surface area contributed by atoms with Crippen LogP contribution in [0.2, 0.25) is 5.02 Å². The fourth-order valence-corrected chi connectivity index (χ4v) is 2.58. The van der Waals surface area contributed by atoms with E-state index in [-0.39, 0.29) is 12.1 Å². The van der Waals surface area contributed by atoms with E-state index in [2.05, 4.69) is 30.9 Å². The van der Waals surface area contributed by atoms with E-state index in [0.717, 1.165) is 29.4 Å². The second-order valence-electron chi connectivity index (χ2n) is 5.14. The first kappa shape index (κ1) is 13.7. The number of nitrogens with two attached hydrogens (primary N) is 1. The molecule has 1 saturated heterocycles. The number of nitrogens with zero attached hydrogens (tertiary/aromatic N) is 1. The number of morpholine rings is 1. The molecule has 4 heteroatoms. The van der Waals surface area contributed by atoms with Crippen molar-refractivity contribution in [3.8, 4) is 0 Å². The van der Waals surface area contributed by atoms with Gasteiger partial charge in [0, 0.05) is 18.6 Å². The molecule has 3 atom stereocenters. The Morgan fingerprint density at radius 1 is 1.44 bits per heavy atom. The van der Waals surface area contributed by atoms with Gasteiger partial charge in [0.25, 0.3) is 0 Å². The van der Waals surface area contributed by atoms with Crippen LogP contribution in [0.5, 0.6) is 0 Å². The van der Waals surface area contributed by atoms with Crippen LogP contribution in [0.1, 0.15) is 32.4 Å². The molecule has 3 unspecified atom stereocenters. The fourth-order valence-electron chi connectivity index (χ4n) is 2.28. The minimum absolute atomic E-state index is 0.0117. The highest BCUT2D eigenvalue weighted by atomic mass is 35.5. The van der Waals surface area contributed by atoms with Crippen molar-refractivity contribution < 1.29 is 4.74 Å². The van der Waals surface area contributed by atoms with E-state index in [0.29, 0.717) is 6.04 Å². The number of ether oxygens (including phenoxy) is 1. The predicted octanol–water partition coefficient (Wildman–Crippen LogP) is 2.97. The Morgan fingerprint density at radius 3 is 2.78 bits per heavy atom. The van der Waals surface area contributed by atoms with Crippen molar-refractivity contribution in [1.82, 2.24) is 0 Å². The lowest BCUT2D eigenvalue weighted by Crippen LogP contribution is -2.47. The van der Waals surface area contributed by atoms with Gasteiger partial charge in [0.2, 0.25) is 0 Å². The molecule has 0 spiro atoms. The number of rotatable bonds is 2. The van der Waals surface area contributed by atoms with Crippen LogP contribution in [-0.2, 0) is 4.74 Å². The number of halogens is 1. The summed E-state index contributed by atoms with van der Waals surface area (Å²) in [6.07, 6.45) is 0.241. The van der Waals surface area contributed by atoms with E-state index >= 15 is 0 Å². The highest BCUT2D eigenvalue weighted by Crippen LogP contribution is 2.31. The molecule has 2 rings (SSSR count). The number of hydrogen-bond acceptors (Lipinski definition) is 3. The fraction of sp³-hybridized carbons (Fsp3) is 0.571. The van der Waals surface area contributed by atoms with Gasteiger partial charge in [-0.05, 0) is 38.5 Å². The molecule has 1 aromatic rings. The third kappa shape index (κ3) is 2.79. The van der Waals surface area contributed by atoms with Crippen LogP contribution in [0.3, 0.4) is 0 Å². The van der Waals surface area contributed by atoms with Gasteiger partial charge in [0.05, 0.1) is 23.4 Å². The predicted molar refractivity (Wildman–Crippen MR) is 76.3 cm³/mol. The maximum absolute atomic E-state index is 6.38. The summed E-state index contributed by atoms with van der Waals surface area (Å²) < 4.78 is 5.64. The lowest BCUT2D eigenvalue weighted by Gasteiger charge is -2.39. The van der Waals surface area contributed by atoms with Gasteiger partial charge in [-0.2, -0.15) is 0 Å². The van der Waals surface area contributed by atoms with Gasteiger partial charge in [0.15, 0.2) is 0 Å². The Morgan fingerprint density at radius 2 is 2.17 bits per heavy atom. The number of anilines is 1. The first-order valence-corrected chi connectivity index (χ1v) is 6.80. The molecule has 18 heavy (non-hydrogen) atoms. The van der Waals surface area contributed by atoms with Gasteiger partial charge in [-0.15, -0.1) is 0 Å². The van der Waals surface area contributed by atoms with Crippen LogP contribution in [0.4, 0.5) is 5.69 Å². The van der Waals surface area contributed by atoms with E-state index in [4.69, 9.17) is 22.1 Å². The molecule has 1 aromatic carbocycles. The molecule has 1 aliphatic rings. The monoisotopic (exact) mass is 268 g/mol. The highest BCUT2D eigenvalue weighted by Gasteiger charge is 2.25. The molecular formula is C14H21ClN2O. The van der Waals surface area contributed by atoms with E-state index in [1.807, 2.05) is 13.0 Å². The van der Waals surface area contributed by atoms with Crippen molar-refractivity contribution in [2.45, 2.75) is 39.0 Å². The largest absolute Gasteiger partial charge is 0.375 e. The molecule has 0 aliphatic carbocycles. The van der Waals surface area contributed by atoms with Gasteiger partial charge in [-0.25, -0.2) is 0 Å². The van der Waals surface area contributed by atoms with Crippen LogP contribution in [0, 0.1) is 0 Å². The van der Waals surface area contributed by atoms with Crippen LogP contribution >= 0.6 is 11.6 Å². The first-order valence-electron chi connectivity index (χ1n) is 6.42. The van der Waals surface area contributed by atoms with Crippen molar-refractivity contribution in [2.75, 3.05) is 18.1 Å². The van der Waals surface area contributed by atoms with E-state index in [1.54, 1.807) is 0 Å². The maximum atomic E-state index is 6.38. The SMILES string of the molecule is CC1CN(c2ccc(C(C)N)cc2Cl)C(C)CO1. The summed E-state index contributed by atoms with van der Waals surface area (Å²) in [6, 6.07) is 6.44. The first-order chi connectivity index (χ1) is 8.49. The molecule has 3 nitrogen and oxygen atoms in total.